The Bertz CT molecular complexity index is 984. The monoisotopic (exact) mass is 520 g/mol. The van der Waals surface area contributed by atoms with Crippen LogP contribution in [-0.2, 0) is 19.2 Å². The van der Waals surface area contributed by atoms with E-state index in [2.05, 4.69) is 16.0 Å². The predicted molar refractivity (Wildman–Crippen MR) is 134 cm³/mol. The van der Waals surface area contributed by atoms with E-state index in [4.69, 9.17) is 5.73 Å². The number of carbonyl (C=O) groups excluding carboxylic acids is 3. The first-order valence-electron chi connectivity index (χ1n) is 13.0. The molecular weight excluding hydrogens is 484 g/mol. The molecule has 0 spiro atoms. The van der Waals surface area contributed by atoms with Gasteiger partial charge in [-0.2, -0.15) is 0 Å². The van der Waals surface area contributed by atoms with Crippen molar-refractivity contribution in [1.29, 1.82) is 0 Å². The Morgan fingerprint density at radius 2 is 2.00 bits per heavy atom. The Balaban J connectivity index is 1.24. The van der Waals surface area contributed by atoms with Crippen LogP contribution in [0.1, 0.15) is 39.5 Å². The molecule has 0 aromatic heterocycles. The Kier molecular flexibility index (Phi) is 7.05. The van der Waals surface area contributed by atoms with Gasteiger partial charge in [0.05, 0.1) is 24.0 Å². The summed E-state index contributed by atoms with van der Waals surface area (Å²) in [6.07, 6.45) is 3.13. The topological polar surface area (TPSA) is 157 Å². The number of β-lactam (4-membered cyclic amide) rings is 1. The summed E-state index contributed by atoms with van der Waals surface area (Å²) in [6.45, 7) is 6.43. The zero-order valence-electron chi connectivity index (χ0n) is 20.7. The average molecular weight is 521 g/mol. The molecule has 0 unspecified atom stereocenters. The van der Waals surface area contributed by atoms with Gasteiger partial charge in [-0.05, 0) is 39.2 Å². The zero-order chi connectivity index (χ0) is 25.7. The number of fused-ring (bicyclic) bond motifs is 1. The van der Waals surface area contributed by atoms with Gasteiger partial charge in [-0.25, -0.2) is 4.79 Å². The first-order valence-corrected chi connectivity index (χ1v) is 13.8. The summed E-state index contributed by atoms with van der Waals surface area (Å²) in [5.74, 6) is -2.06. The number of thioether (sulfide) groups is 1. The number of hydrogen-bond donors (Lipinski definition) is 5. The van der Waals surface area contributed by atoms with Gasteiger partial charge in [-0.15, -0.1) is 11.8 Å². The van der Waals surface area contributed by atoms with Gasteiger partial charge in [0.2, 0.25) is 17.7 Å². The normalized spacial score (nSPS) is 36.8. The van der Waals surface area contributed by atoms with E-state index in [9.17, 15) is 24.3 Å². The first-order chi connectivity index (χ1) is 17.2. The number of hydrogen-bond acceptors (Lipinski definition) is 8. The highest BCUT2D eigenvalue weighted by Crippen LogP contribution is 2.51. The van der Waals surface area contributed by atoms with Gasteiger partial charge in [0.1, 0.15) is 5.70 Å². The van der Waals surface area contributed by atoms with Crippen LogP contribution in [0.5, 0.6) is 0 Å². The Hall–Kier alpha value is -2.15. The van der Waals surface area contributed by atoms with Crippen LogP contribution in [0.2, 0.25) is 0 Å². The standard InChI is InChI=1S/C24H36N6O5S/c1-11-18-17(12(2)28-21(31)15-4-3-6-26-15)23(33)30(18)19(24(34)35)20(11)36-14-8-16(27-9-14)22(32)29-7-5-13(25)10-29/h11-18,26-27H,3-10,25H2,1-2H3,(H,28,31)(H,34,35)/t11-,12-,13+,14+,15+,16+,17-,18-/m1/s1. The Labute approximate surface area is 214 Å². The number of carboxylic acid groups (broad SMARTS) is 1. The van der Waals surface area contributed by atoms with E-state index in [0.717, 1.165) is 25.8 Å². The lowest BCUT2D eigenvalue weighted by molar-refractivity contribution is -0.158. The minimum atomic E-state index is -1.12. The highest BCUT2D eigenvalue weighted by molar-refractivity contribution is 8.03. The number of carbonyl (C=O) groups is 4. The zero-order valence-corrected chi connectivity index (χ0v) is 21.6. The van der Waals surface area contributed by atoms with Crippen molar-refractivity contribution in [2.45, 2.75) is 75.0 Å². The highest BCUT2D eigenvalue weighted by atomic mass is 32.2. The fourth-order valence-electron chi connectivity index (χ4n) is 6.39. The molecule has 36 heavy (non-hydrogen) atoms. The van der Waals surface area contributed by atoms with E-state index in [1.165, 1.54) is 16.7 Å². The average Bonchev–Trinajstić information content (AvgIpc) is 3.62. The molecule has 0 saturated carbocycles. The molecule has 0 bridgehead atoms. The van der Waals surface area contributed by atoms with Crippen molar-refractivity contribution in [3.8, 4) is 0 Å². The third-order valence-corrected chi connectivity index (χ3v) is 9.81. The number of rotatable bonds is 7. The van der Waals surface area contributed by atoms with Crippen molar-refractivity contribution in [2.75, 3.05) is 26.2 Å². The van der Waals surface area contributed by atoms with Crippen molar-refractivity contribution in [3.05, 3.63) is 10.6 Å². The maximum atomic E-state index is 13.1. The lowest BCUT2D eigenvalue weighted by Crippen LogP contribution is -2.66. The van der Waals surface area contributed by atoms with E-state index in [1.54, 1.807) is 0 Å². The number of amides is 3. The van der Waals surface area contributed by atoms with Crippen LogP contribution in [0.15, 0.2) is 10.6 Å². The fraction of sp³-hybridized carbons (Fsp3) is 0.750. The van der Waals surface area contributed by atoms with E-state index in [0.29, 0.717) is 31.0 Å². The van der Waals surface area contributed by atoms with E-state index >= 15 is 0 Å². The van der Waals surface area contributed by atoms with Crippen LogP contribution in [0.25, 0.3) is 0 Å². The van der Waals surface area contributed by atoms with Crippen LogP contribution in [0.4, 0.5) is 0 Å². The molecule has 6 N–H and O–H groups in total. The van der Waals surface area contributed by atoms with Crippen molar-refractivity contribution >= 4 is 35.5 Å². The molecule has 5 rings (SSSR count). The molecule has 0 aromatic rings. The number of likely N-dealkylation sites (tertiary alicyclic amines) is 1. The summed E-state index contributed by atoms with van der Waals surface area (Å²) < 4.78 is 0. The third kappa shape index (κ3) is 4.42. The van der Waals surface area contributed by atoms with Gasteiger partial charge in [-0.1, -0.05) is 6.92 Å². The van der Waals surface area contributed by atoms with Crippen LogP contribution < -0.4 is 21.7 Å². The van der Waals surface area contributed by atoms with Crippen molar-refractivity contribution in [3.63, 3.8) is 0 Å². The number of aliphatic carboxylic acids is 1. The highest BCUT2D eigenvalue weighted by Gasteiger charge is 2.60. The lowest BCUT2D eigenvalue weighted by atomic mass is 9.78. The molecule has 0 aliphatic carbocycles. The second-order valence-electron chi connectivity index (χ2n) is 10.7. The molecule has 4 fully saturated rings. The van der Waals surface area contributed by atoms with Gasteiger partial charge in [0.25, 0.3) is 0 Å². The van der Waals surface area contributed by atoms with Gasteiger partial charge < -0.3 is 36.6 Å². The van der Waals surface area contributed by atoms with Crippen molar-refractivity contribution < 1.29 is 24.3 Å². The van der Waals surface area contributed by atoms with Gasteiger partial charge in [-0.3, -0.25) is 14.4 Å². The van der Waals surface area contributed by atoms with Crippen LogP contribution in [0.3, 0.4) is 0 Å². The summed E-state index contributed by atoms with van der Waals surface area (Å²) in [6, 6.07) is -1.20. The second kappa shape index (κ2) is 9.96. The van der Waals surface area contributed by atoms with Crippen LogP contribution >= 0.6 is 11.8 Å². The number of nitrogens with one attached hydrogen (secondary N) is 3. The maximum Gasteiger partial charge on any atom is 0.353 e. The minimum absolute atomic E-state index is 0.0275. The minimum Gasteiger partial charge on any atom is -0.477 e. The Morgan fingerprint density at radius 1 is 1.22 bits per heavy atom. The van der Waals surface area contributed by atoms with E-state index in [1.807, 2.05) is 18.7 Å². The van der Waals surface area contributed by atoms with Crippen LogP contribution in [-0.4, -0.2) is 100 Å². The SMILES string of the molecule is C[C@@H](NC(=O)[C@@H]1CCCN1)[C@H]1C(=O)N2C(C(=O)O)=C(S[C@@H]3CN[C@H](C(=O)N4CC[C@H](N)C4)C3)[C@H](C)[C@H]12. The number of nitrogens with zero attached hydrogens (tertiary/aromatic N) is 2. The van der Waals surface area contributed by atoms with Crippen LogP contribution in [0, 0.1) is 11.8 Å². The molecular formula is C24H36N6O5S. The molecule has 8 atom stereocenters. The number of carboxylic acids is 1. The van der Waals surface area contributed by atoms with Crippen molar-refractivity contribution in [1.82, 2.24) is 25.8 Å². The summed E-state index contributed by atoms with van der Waals surface area (Å²) in [4.78, 5) is 54.7. The van der Waals surface area contributed by atoms with Gasteiger partial charge >= 0.3 is 5.97 Å². The molecule has 5 aliphatic rings. The van der Waals surface area contributed by atoms with E-state index < -0.39 is 17.9 Å². The fourth-order valence-corrected chi connectivity index (χ4v) is 7.87. The predicted octanol–water partition coefficient (Wildman–Crippen LogP) is -0.961. The number of nitrogens with two attached hydrogens (primary N) is 1. The summed E-state index contributed by atoms with van der Waals surface area (Å²) in [5.41, 5.74) is 6.00. The maximum absolute atomic E-state index is 13.1. The molecule has 11 nitrogen and oxygen atoms in total. The molecule has 3 amide bonds. The largest absolute Gasteiger partial charge is 0.477 e. The Morgan fingerprint density at radius 3 is 2.64 bits per heavy atom. The quantitative estimate of drug-likeness (QED) is 0.267. The molecule has 12 heteroatoms. The smallest absolute Gasteiger partial charge is 0.353 e. The van der Waals surface area contributed by atoms with Crippen molar-refractivity contribution in [2.24, 2.45) is 17.6 Å². The summed E-state index contributed by atoms with van der Waals surface area (Å²) in [7, 11) is 0. The van der Waals surface area contributed by atoms with Gasteiger partial charge in [0.15, 0.2) is 0 Å². The second-order valence-corrected chi connectivity index (χ2v) is 12.1. The molecule has 198 valence electrons. The summed E-state index contributed by atoms with van der Waals surface area (Å²) in [5, 5.41) is 19.5. The molecule has 0 aromatic carbocycles. The summed E-state index contributed by atoms with van der Waals surface area (Å²) >= 11 is 1.47. The van der Waals surface area contributed by atoms with E-state index in [-0.39, 0.29) is 58.8 Å². The third-order valence-electron chi connectivity index (χ3n) is 8.30. The van der Waals surface area contributed by atoms with Gasteiger partial charge in [0, 0.05) is 47.8 Å². The first kappa shape index (κ1) is 25.5. The molecule has 5 aliphatic heterocycles. The molecule has 0 radical (unpaired) electrons. The molecule has 5 heterocycles. The molecule has 4 saturated heterocycles. The lowest BCUT2D eigenvalue weighted by Gasteiger charge is -2.47.